The van der Waals surface area contributed by atoms with Gasteiger partial charge < -0.3 is 15.8 Å². The van der Waals surface area contributed by atoms with Crippen molar-refractivity contribution in [2.45, 2.75) is 12.3 Å². The fourth-order valence-corrected chi connectivity index (χ4v) is 2.02. The molecule has 0 saturated carbocycles. The second-order valence-electron chi connectivity index (χ2n) is 3.94. The van der Waals surface area contributed by atoms with Crippen molar-refractivity contribution in [3.05, 3.63) is 35.8 Å². The Morgan fingerprint density at radius 2 is 2.29 bits per heavy atom. The minimum Gasteiger partial charge on any atom is -0.481 e. The highest BCUT2D eigenvalue weighted by atomic mass is 19.1. The minimum absolute atomic E-state index is 0.0994. The lowest BCUT2D eigenvalue weighted by Gasteiger charge is -2.11. The molecular weight excluding hydrogens is 223 g/mol. The normalized spacial score (nSPS) is 12.8. The molecule has 1 atom stereocenters. The Morgan fingerprint density at radius 3 is 2.94 bits per heavy atom. The summed E-state index contributed by atoms with van der Waals surface area (Å²) in [4.78, 5) is 13.7. The van der Waals surface area contributed by atoms with Crippen LogP contribution in [-0.2, 0) is 4.79 Å². The topological polar surface area (TPSA) is 79.1 Å². The number of halogens is 1. The van der Waals surface area contributed by atoms with E-state index in [0.717, 1.165) is 0 Å². The summed E-state index contributed by atoms with van der Waals surface area (Å²) < 4.78 is 13.7. The predicted molar refractivity (Wildman–Crippen MR) is 62.3 cm³/mol. The molecule has 90 valence electrons. The zero-order valence-corrected chi connectivity index (χ0v) is 9.11. The van der Waals surface area contributed by atoms with Gasteiger partial charge in [0.15, 0.2) is 0 Å². The highest BCUT2D eigenvalue weighted by molar-refractivity contribution is 5.85. The predicted octanol–water partition coefficient (Wildman–Crippen LogP) is 1.82. The number of aromatic nitrogens is 1. The van der Waals surface area contributed by atoms with Gasteiger partial charge in [-0.25, -0.2) is 4.39 Å². The number of hydrogen-bond acceptors (Lipinski definition) is 2. The molecule has 0 fully saturated rings. The number of benzene rings is 1. The maximum atomic E-state index is 13.7. The van der Waals surface area contributed by atoms with Gasteiger partial charge in [-0.2, -0.15) is 0 Å². The van der Waals surface area contributed by atoms with Crippen LogP contribution >= 0.6 is 0 Å². The Balaban J connectivity index is 2.50. The largest absolute Gasteiger partial charge is 0.481 e. The SMILES string of the molecule is NCC(CC(=O)O)c1c[nH]c2cccc(F)c12. The van der Waals surface area contributed by atoms with Crippen LogP contribution in [0.3, 0.4) is 0 Å². The van der Waals surface area contributed by atoms with Gasteiger partial charge in [-0.05, 0) is 24.2 Å². The zero-order valence-electron chi connectivity index (χ0n) is 9.11. The Hall–Kier alpha value is -1.88. The molecule has 0 bridgehead atoms. The van der Waals surface area contributed by atoms with Gasteiger partial charge in [0.25, 0.3) is 0 Å². The van der Waals surface area contributed by atoms with Crippen LogP contribution in [0.2, 0.25) is 0 Å². The lowest BCUT2D eigenvalue weighted by Crippen LogP contribution is -2.16. The van der Waals surface area contributed by atoms with Crippen LogP contribution in [-0.4, -0.2) is 22.6 Å². The number of hydrogen-bond donors (Lipinski definition) is 3. The van der Waals surface area contributed by atoms with Gasteiger partial charge in [0, 0.05) is 23.0 Å². The molecule has 0 aliphatic rings. The average molecular weight is 236 g/mol. The third kappa shape index (κ3) is 2.14. The van der Waals surface area contributed by atoms with Crippen molar-refractivity contribution in [1.29, 1.82) is 0 Å². The molecule has 4 N–H and O–H groups in total. The quantitative estimate of drug-likeness (QED) is 0.757. The second kappa shape index (κ2) is 4.55. The molecule has 0 spiro atoms. The van der Waals surface area contributed by atoms with E-state index in [1.807, 2.05) is 0 Å². The first-order valence-electron chi connectivity index (χ1n) is 5.31. The fraction of sp³-hybridized carbons (Fsp3) is 0.250. The molecule has 1 unspecified atom stereocenters. The van der Waals surface area contributed by atoms with Crippen molar-refractivity contribution >= 4 is 16.9 Å². The highest BCUT2D eigenvalue weighted by Crippen LogP contribution is 2.29. The molecule has 17 heavy (non-hydrogen) atoms. The van der Waals surface area contributed by atoms with E-state index in [9.17, 15) is 9.18 Å². The van der Waals surface area contributed by atoms with Crippen molar-refractivity contribution in [1.82, 2.24) is 4.98 Å². The summed E-state index contributed by atoms with van der Waals surface area (Å²) in [7, 11) is 0. The number of carboxylic acid groups (broad SMARTS) is 1. The number of nitrogens with one attached hydrogen (secondary N) is 1. The summed E-state index contributed by atoms with van der Waals surface area (Å²) in [5.41, 5.74) is 6.84. The van der Waals surface area contributed by atoms with E-state index in [4.69, 9.17) is 10.8 Å². The highest BCUT2D eigenvalue weighted by Gasteiger charge is 2.19. The molecule has 1 heterocycles. The van der Waals surface area contributed by atoms with E-state index in [-0.39, 0.29) is 24.7 Å². The number of H-pyrrole nitrogens is 1. The van der Waals surface area contributed by atoms with Gasteiger partial charge in [-0.1, -0.05) is 6.07 Å². The van der Waals surface area contributed by atoms with E-state index < -0.39 is 5.97 Å². The van der Waals surface area contributed by atoms with Gasteiger partial charge in [-0.15, -0.1) is 0 Å². The summed E-state index contributed by atoms with van der Waals surface area (Å²) in [6, 6.07) is 4.71. The van der Waals surface area contributed by atoms with Gasteiger partial charge >= 0.3 is 5.97 Å². The monoisotopic (exact) mass is 236 g/mol. The van der Waals surface area contributed by atoms with Crippen molar-refractivity contribution in [3.63, 3.8) is 0 Å². The van der Waals surface area contributed by atoms with E-state index in [1.165, 1.54) is 6.07 Å². The molecule has 0 aliphatic carbocycles. The standard InChI is InChI=1S/C12H13FN2O2/c13-9-2-1-3-10-12(9)8(6-15-10)7(5-14)4-11(16)17/h1-3,6-7,15H,4-5,14H2,(H,16,17). The minimum atomic E-state index is -0.939. The molecule has 2 rings (SSSR count). The third-order valence-electron chi connectivity index (χ3n) is 2.83. The number of aromatic amines is 1. The number of fused-ring (bicyclic) bond motifs is 1. The Kier molecular flexibility index (Phi) is 3.10. The second-order valence-corrected chi connectivity index (χ2v) is 3.94. The smallest absolute Gasteiger partial charge is 0.304 e. The molecule has 0 amide bonds. The van der Waals surface area contributed by atoms with Crippen LogP contribution in [0, 0.1) is 5.82 Å². The van der Waals surface area contributed by atoms with E-state index >= 15 is 0 Å². The van der Waals surface area contributed by atoms with Crippen LogP contribution < -0.4 is 5.73 Å². The summed E-state index contributed by atoms with van der Waals surface area (Å²) in [5, 5.41) is 9.23. The van der Waals surface area contributed by atoms with Gasteiger partial charge in [-0.3, -0.25) is 4.79 Å². The molecular formula is C12H13FN2O2. The maximum Gasteiger partial charge on any atom is 0.304 e. The summed E-state index contributed by atoms with van der Waals surface area (Å²) in [6.07, 6.45) is 1.53. The zero-order chi connectivity index (χ0) is 12.4. The number of carboxylic acids is 1. The fourth-order valence-electron chi connectivity index (χ4n) is 2.02. The summed E-state index contributed by atoms with van der Waals surface area (Å²) in [5.74, 6) is -1.67. The molecule has 0 aliphatic heterocycles. The molecule has 0 radical (unpaired) electrons. The van der Waals surface area contributed by atoms with Crippen molar-refractivity contribution < 1.29 is 14.3 Å². The molecule has 1 aromatic heterocycles. The van der Waals surface area contributed by atoms with Crippen LogP contribution in [0.25, 0.3) is 10.9 Å². The van der Waals surface area contributed by atoms with E-state index in [0.29, 0.717) is 16.5 Å². The van der Waals surface area contributed by atoms with Crippen molar-refractivity contribution in [2.24, 2.45) is 5.73 Å². The molecule has 4 nitrogen and oxygen atoms in total. The first-order chi connectivity index (χ1) is 8.13. The Labute approximate surface area is 97.2 Å². The van der Waals surface area contributed by atoms with E-state index in [1.54, 1.807) is 18.3 Å². The van der Waals surface area contributed by atoms with Crippen molar-refractivity contribution in [2.75, 3.05) is 6.54 Å². The average Bonchev–Trinajstić information content (AvgIpc) is 2.71. The summed E-state index contributed by atoms with van der Waals surface area (Å²) in [6.45, 7) is 0.174. The lowest BCUT2D eigenvalue weighted by molar-refractivity contribution is -0.137. The van der Waals surface area contributed by atoms with Gasteiger partial charge in [0.2, 0.25) is 0 Å². The number of rotatable bonds is 4. The third-order valence-corrected chi connectivity index (χ3v) is 2.83. The van der Waals surface area contributed by atoms with Gasteiger partial charge in [0.1, 0.15) is 5.82 Å². The Morgan fingerprint density at radius 1 is 1.53 bits per heavy atom. The Bertz CT molecular complexity index is 550. The number of aliphatic carboxylic acids is 1. The molecule has 0 saturated heterocycles. The van der Waals surface area contributed by atoms with E-state index in [2.05, 4.69) is 4.98 Å². The lowest BCUT2D eigenvalue weighted by atomic mass is 9.95. The number of carbonyl (C=O) groups is 1. The first-order valence-corrected chi connectivity index (χ1v) is 5.31. The first kappa shape index (κ1) is 11.6. The van der Waals surface area contributed by atoms with Crippen LogP contribution in [0.1, 0.15) is 17.9 Å². The van der Waals surface area contributed by atoms with Crippen LogP contribution in [0.4, 0.5) is 4.39 Å². The molecule has 1 aromatic carbocycles. The summed E-state index contributed by atoms with van der Waals surface area (Å²) >= 11 is 0. The maximum absolute atomic E-state index is 13.7. The molecule has 5 heteroatoms. The molecule has 2 aromatic rings. The van der Waals surface area contributed by atoms with Crippen molar-refractivity contribution in [3.8, 4) is 0 Å². The number of nitrogens with two attached hydrogens (primary N) is 1. The van der Waals surface area contributed by atoms with Crippen LogP contribution in [0.5, 0.6) is 0 Å². The van der Waals surface area contributed by atoms with Crippen LogP contribution in [0.15, 0.2) is 24.4 Å². The van der Waals surface area contributed by atoms with Gasteiger partial charge in [0.05, 0.1) is 6.42 Å².